The molecule has 0 aliphatic rings. The Labute approximate surface area is 106 Å². The quantitative estimate of drug-likeness (QED) is 0.901. The molecule has 0 bridgehead atoms. The minimum Gasteiger partial charge on any atom is -0.369 e. The van der Waals surface area contributed by atoms with Crippen molar-refractivity contribution < 1.29 is 0 Å². The number of anilines is 1. The van der Waals surface area contributed by atoms with Gasteiger partial charge in [0.2, 0.25) is 0 Å². The van der Waals surface area contributed by atoms with Crippen LogP contribution in [0.3, 0.4) is 0 Å². The summed E-state index contributed by atoms with van der Waals surface area (Å²) in [6.07, 6.45) is 1.85. The Morgan fingerprint density at radius 2 is 1.94 bits per heavy atom. The van der Waals surface area contributed by atoms with Gasteiger partial charge in [0.25, 0.3) is 0 Å². The Balaban J connectivity index is 3.07. The van der Waals surface area contributed by atoms with E-state index < -0.39 is 0 Å². The summed E-state index contributed by atoms with van der Waals surface area (Å²) < 4.78 is 1.00. The lowest BCUT2D eigenvalue weighted by Gasteiger charge is -2.12. The molecule has 0 radical (unpaired) electrons. The topological polar surface area (TPSA) is 37.8 Å². The van der Waals surface area contributed by atoms with Gasteiger partial charge in [-0.05, 0) is 35.2 Å². The first-order chi connectivity index (χ1) is 7.58. The zero-order valence-corrected chi connectivity index (χ0v) is 12.1. The lowest BCUT2D eigenvalue weighted by Crippen LogP contribution is -2.09. The molecule has 0 unspecified atom stereocenters. The van der Waals surface area contributed by atoms with E-state index in [1.54, 1.807) is 0 Å². The van der Waals surface area contributed by atoms with Gasteiger partial charge in [-0.25, -0.2) is 9.97 Å². The Morgan fingerprint density at radius 3 is 2.44 bits per heavy atom. The fraction of sp³-hybridized carbons (Fsp3) is 0.667. The molecular formula is C12H20BrN3. The van der Waals surface area contributed by atoms with Gasteiger partial charge in [0, 0.05) is 13.0 Å². The monoisotopic (exact) mass is 285 g/mol. The number of hydrogen-bond donors (Lipinski definition) is 1. The number of hydrogen-bond acceptors (Lipinski definition) is 3. The number of nitrogens with zero attached hydrogens (tertiary/aromatic N) is 2. The average Bonchev–Trinajstić information content (AvgIpc) is 2.22. The molecule has 1 aromatic heterocycles. The lowest BCUT2D eigenvalue weighted by molar-refractivity contribution is 0.617. The summed E-state index contributed by atoms with van der Waals surface area (Å²) in [4.78, 5) is 9.12. The first kappa shape index (κ1) is 13.4. The standard InChI is InChI=1S/C12H20BrN3/c1-5-9-11(13)12(14-6-2)16-10(15-9)7-8(3)4/h8H,5-7H2,1-4H3,(H,14,15,16). The van der Waals surface area contributed by atoms with Crippen LogP contribution in [0, 0.1) is 5.92 Å². The van der Waals surface area contributed by atoms with Crippen molar-refractivity contribution in [1.82, 2.24) is 9.97 Å². The second kappa shape index (κ2) is 6.18. The van der Waals surface area contributed by atoms with Crippen molar-refractivity contribution in [1.29, 1.82) is 0 Å². The number of aromatic nitrogens is 2. The smallest absolute Gasteiger partial charge is 0.144 e. The highest BCUT2D eigenvalue weighted by molar-refractivity contribution is 9.10. The number of rotatable bonds is 5. The Hall–Kier alpha value is -0.640. The summed E-state index contributed by atoms with van der Waals surface area (Å²) in [5.41, 5.74) is 1.08. The minimum absolute atomic E-state index is 0.584. The first-order valence-corrected chi connectivity index (χ1v) is 6.66. The summed E-state index contributed by atoms with van der Waals surface area (Å²) in [5, 5.41) is 3.27. The molecule has 1 N–H and O–H groups in total. The third-order valence-corrected chi connectivity index (χ3v) is 3.07. The molecule has 0 fully saturated rings. The molecule has 16 heavy (non-hydrogen) atoms. The third-order valence-electron chi connectivity index (χ3n) is 2.24. The van der Waals surface area contributed by atoms with Crippen LogP contribution < -0.4 is 5.32 Å². The van der Waals surface area contributed by atoms with Gasteiger partial charge >= 0.3 is 0 Å². The van der Waals surface area contributed by atoms with Crippen LogP contribution in [-0.4, -0.2) is 16.5 Å². The molecule has 0 amide bonds. The van der Waals surface area contributed by atoms with Crippen molar-refractivity contribution in [2.45, 2.75) is 40.5 Å². The molecule has 90 valence electrons. The predicted molar refractivity (Wildman–Crippen MR) is 71.8 cm³/mol. The fourth-order valence-corrected chi connectivity index (χ4v) is 2.12. The molecule has 0 aliphatic heterocycles. The molecule has 0 spiro atoms. The van der Waals surface area contributed by atoms with Crippen LogP contribution in [0.2, 0.25) is 0 Å². The Bertz CT molecular complexity index is 350. The first-order valence-electron chi connectivity index (χ1n) is 5.87. The summed E-state index contributed by atoms with van der Waals surface area (Å²) in [5.74, 6) is 2.44. The fourth-order valence-electron chi connectivity index (χ4n) is 1.52. The highest BCUT2D eigenvalue weighted by Gasteiger charge is 2.11. The Morgan fingerprint density at radius 1 is 1.25 bits per heavy atom. The van der Waals surface area contributed by atoms with Crippen LogP contribution in [0.15, 0.2) is 4.47 Å². The molecule has 0 atom stereocenters. The molecule has 1 rings (SSSR count). The average molecular weight is 286 g/mol. The summed E-state index contributed by atoms with van der Waals surface area (Å²) in [7, 11) is 0. The van der Waals surface area contributed by atoms with Gasteiger partial charge in [0.05, 0.1) is 10.2 Å². The molecule has 0 aromatic carbocycles. The van der Waals surface area contributed by atoms with Gasteiger partial charge < -0.3 is 5.32 Å². The molecular weight excluding hydrogens is 266 g/mol. The lowest BCUT2D eigenvalue weighted by atomic mass is 10.1. The number of nitrogens with one attached hydrogen (secondary N) is 1. The van der Waals surface area contributed by atoms with E-state index in [9.17, 15) is 0 Å². The largest absolute Gasteiger partial charge is 0.369 e. The van der Waals surface area contributed by atoms with Gasteiger partial charge in [0.15, 0.2) is 0 Å². The highest BCUT2D eigenvalue weighted by atomic mass is 79.9. The molecule has 4 heteroatoms. The number of halogens is 1. The van der Waals surface area contributed by atoms with Crippen molar-refractivity contribution >= 4 is 21.7 Å². The maximum atomic E-state index is 4.58. The molecule has 0 saturated heterocycles. The van der Waals surface area contributed by atoms with Gasteiger partial charge in [0.1, 0.15) is 11.6 Å². The third kappa shape index (κ3) is 3.44. The second-order valence-corrected chi connectivity index (χ2v) is 5.02. The van der Waals surface area contributed by atoms with E-state index in [4.69, 9.17) is 0 Å². The van der Waals surface area contributed by atoms with E-state index in [1.165, 1.54) is 0 Å². The molecule has 1 heterocycles. The zero-order valence-electron chi connectivity index (χ0n) is 10.5. The SMILES string of the molecule is CCNc1nc(CC(C)C)nc(CC)c1Br. The van der Waals surface area contributed by atoms with E-state index in [-0.39, 0.29) is 0 Å². The zero-order chi connectivity index (χ0) is 12.1. The van der Waals surface area contributed by atoms with Crippen molar-refractivity contribution in [2.24, 2.45) is 5.92 Å². The van der Waals surface area contributed by atoms with E-state index in [0.29, 0.717) is 5.92 Å². The van der Waals surface area contributed by atoms with Crippen LogP contribution in [0.1, 0.15) is 39.2 Å². The van der Waals surface area contributed by atoms with Gasteiger partial charge in [-0.3, -0.25) is 0 Å². The molecule has 0 aliphatic carbocycles. The predicted octanol–water partition coefficient (Wildman–Crippen LogP) is 3.43. The van der Waals surface area contributed by atoms with Crippen LogP contribution >= 0.6 is 15.9 Å². The van der Waals surface area contributed by atoms with Crippen molar-refractivity contribution in [2.75, 3.05) is 11.9 Å². The van der Waals surface area contributed by atoms with Crippen LogP contribution in [0.25, 0.3) is 0 Å². The van der Waals surface area contributed by atoms with E-state index >= 15 is 0 Å². The van der Waals surface area contributed by atoms with E-state index in [0.717, 1.165) is 41.2 Å². The number of aryl methyl sites for hydroxylation is 1. The van der Waals surface area contributed by atoms with Crippen molar-refractivity contribution in [3.63, 3.8) is 0 Å². The van der Waals surface area contributed by atoms with Gasteiger partial charge in [-0.1, -0.05) is 20.8 Å². The van der Waals surface area contributed by atoms with E-state index in [1.807, 2.05) is 0 Å². The van der Waals surface area contributed by atoms with Gasteiger partial charge in [-0.15, -0.1) is 0 Å². The van der Waals surface area contributed by atoms with E-state index in [2.05, 4.69) is 58.9 Å². The molecule has 3 nitrogen and oxygen atoms in total. The van der Waals surface area contributed by atoms with Crippen LogP contribution in [-0.2, 0) is 12.8 Å². The maximum absolute atomic E-state index is 4.58. The van der Waals surface area contributed by atoms with Gasteiger partial charge in [-0.2, -0.15) is 0 Å². The summed E-state index contributed by atoms with van der Waals surface area (Å²) >= 11 is 3.56. The van der Waals surface area contributed by atoms with Crippen LogP contribution in [0.4, 0.5) is 5.82 Å². The van der Waals surface area contributed by atoms with Crippen LogP contribution in [0.5, 0.6) is 0 Å². The minimum atomic E-state index is 0.584. The highest BCUT2D eigenvalue weighted by Crippen LogP contribution is 2.24. The van der Waals surface area contributed by atoms with Crippen molar-refractivity contribution in [3.05, 3.63) is 16.0 Å². The maximum Gasteiger partial charge on any atom is 0.144 e. The molecule has 0 saturated carbocycles. The Kier molecular flexibility index (Phi) is 5.19. The second-order valence-electron chi connectivity index (χ2n) is 4.23. The summed E-state index contributed by atoms with van der Waals surface area (Å²) in [6.45, 7) is 9.43. The van der Waals surface area contributed by atoms with Crippen molar-refractivity contribution in [3.8, 4) is 0 Å². The normalized spacial score (nSPS) is 10.9. The molecule has 1 aromatic rings. The summed E-state index contributed by atoms with van der Waals surface area (Å²) in [6, 6.07) is 0.